The number of phenols is 1. The molecule has 0 unspecified atom stereocenters. The van der Waals surface area contributed by atoms with E-state index in [1.807, 2.05) is 0 Å². The SMILES string of the molecule is COc1cccc(C=CC(C)=O)c1O. The molecule has 1 N–H and O–H groups in total. The zero-order valence-electron chi connectivity index (χ0n) is 8.15. The first-order valence-electron chi connectivity index (χ1n) is 4.19. The second-order valence-corrected chi connectivity index (χ2v) is 2.84. The third kappa shape index (κ3) is 2.36. The summed E-state index contributed by atoms with van der Waals surface area (Å²) in [6.07, 6.45) is 2.95. The fraction of sp³-hybridized carbons (Fsp3) is 0.182. The van der Waals surface area contributed by atoms with Crippen molar-refractivity contribution in [3.8, 4) is 11.5 Å². The molecule has 0 aliphatic rings. The minimum atomic E-state index is -0.0628. The van der Waals surface area contributed by atoms with Crippen LogP contribution in [0.4, 0.5) is 0 Å². The fourth-order valence-corrected chi connectivity index (χ4v) is 1.05. The zero-order valence-corrected chi connectivity index (χ0v) is 8.15. The van der Waals surface area contributed by atoms with E-state index in [0.717, 1.165) is 0 Å². The lowest BCUT2D eigenvalue weighted by atomic mass is 10.1. The van der Waals surface area contributed by atoms with Crippen molar-refractivity contribution in [3.05, 3.63) is 29.8 Å². The molecule has 0 aliphatic heterocycles. The highest BCUT2D eigenvalue weighted by Gasteiger charge is 2.03. The molecule has 1 rings (SSSR count). The summed E-state index contributed by atoms with van der Waals surface area (Å²) in [5, 5.41) is 9.61. The number of rotatable bonds is 3. The van der Waals surface area contributed by atoms with Crippen LogP contribution in [0.15, 0.2) is 24.3 Å². The molecule has 74 valence electrons. The van der Waals surface area contributed by atoms with E-state index in [9.17, 15) is 9.90 Å². The van der Waals surface area contributed by atoms with Gasteiger partial charge in [0.25, 0.3) is 0 Å². The van der Waals surface area contributed by atoms with Crippen LogP contribution >= 0.6 is 0 Å². The summed E-state index contributed by atoms with van der Waals surface area (Å²) in [5.41, 5.74) is 0.569. The van der Waals surface area contributed by atoms with Gasteiger partial charge in [0.1, 0.15) is 0 Å². The van der Waals surface area contributed by atoms with Gasteiger partial charge in [-0.15, -0.1) is 0 Å². The molecule has 3 nitrogen and oxygen atoms in total. The number of allylic oxidation sites excluding steroid dienone is 1. The predicted molar refractivity (Wildman–Crippen MR) is 54.4 cm³/mol. The Balaban J connectivity index is 3.03. The molecule has 0 aliphatic carbocycles. The molecule has 0 saturated carbocycles. The number of carbonyl (C=O) groups is 1. The summed E-state index contributed by atoms with van der Waals surface area (Å²) >= 11 is 0. The van der Waals surface area contributed by atoms with Crippen molar-refractivity contribution in [2.75, 3.05) is 7.11 Å². The van der Waals surface area contributed by atoms with E-state index < -0.39 is 0 Å². The van der Waals surface area contributed by atoms with Gasteiger partial charge in [0.15, 0.2) is 17.3 Å². The van der Waals surface area contributed by atoms with Crippen molar-refractivity contribution >= 4 is 11.9 Å². The summed E-state index contributed by atoms with van der Waals surface area (Å²) in [6.45, 7) is 1.45. The maximum absolute atomic E-state index is 10.7. The number of methoxy groups -OCH3 is 1. The topological polar surface area (TPSA) is 46.5 Å². The summed E-state index contributed by atoms with van der Waals surface area (Å²) < 4.78 is 4.92. The molecular formula is C11H12O3. The van der Waals surface area contributed by atoms with Gasteiger partial charge in [-0.05, 0) is 25.1 Å². The Morgan fingerprint density at radius 1 is 1.50 bits per heavy atom. The average molecular weight is 192 g/mol. The van der Waals surface area contributed by atoms with Gasteiger partial charge in [-0.1, -0.05) is 12.1 Å². The van der Waals surface area contributed by atoms with Crippen LogP contribution in [0.1, 0.15) is 12.5 Å². The van der Waals surface area contributed by atoms with Crippen LogP contribution in [0.3, 0.4) is 0 Å². The molecular weight excluding hydrogens is 180 g/mol. The predicted octanol–water partition coefficient (Wildman–Crippen LogP) is 2.00. The van der Waals surface area contributed by atoms with E-state index in [0.29, 0.717) is 11.3 Å². The van der Waals surface area contributed by atoms with Crippen molar-refractivity contribution in [3.63, 3.8) is 0 Å². The number of phenolic OH excluding ortho intramolecular Hbond substituents is 1. The molecule has 0 spiro atoms. The monoisotopic (exact) mass is 192 g/mol. The lowest BCUT2D eigenvalue weighted by molar-refractivity contribution is -0.112. The number of hydrogen-bond donors (Lipinski definition) is 1. The van der Waals surface area contributed by atoms with E-state index in [2.05, 4.69) is 0 Å². The molecule has 1 aromatic rings. The lowest BCUT2D eigenvalue weighted by Crippen LogP contribution is -1.86. The van der Waals surface area contributed by atoms with Crippen molar-refractivity contribution in [1.82, 2.24) is 0 Å². The number of ether oxygens (including phenoxy) is 1. The number of para-hydroxylation sites is 1. The highest BCUT2D eigenvalue weighted by molar-refractivity contribution is 5.92. The second-order valence-electron chi connectivity index (χ2n) is 2.84. The maximum Gasteiger partial charge on any atom is 0.165 e. The molecule has 0 bridgehead atoms. The highest BCUT2D eigenvalue weighted by atomic mass is 16.5. The quantitative estimate of drug-likeness (QED) is 0.745. The number of aromatic hydroxyl groups is 1. The molecule has 3 heteroatoms. The molecule has 0 heterocycles. The van der Waals surface area contributed by atoms with Crippen molar-refractivity contribution in [1.29, 1.82) is 0 Å². The van der Waals surface area contributed by atoms with Gasteiger partial charge in [-0.3, -0.25) is 4.79 Å². The third-order valence-electron chi connectivity index (χ3n) is 1.75. The van der Waals surface area contributed by atoms with Gasteiger partial charge >= 0.3 is 0 Å². The lowest BCUT2D eigenvalue weighted by Gasteiger charge is -2.04. The van der Waals surface area contributed by atoms with E-state index in [-0.39, 0.29) is 11.5 Å². The van der Waals surface area contributed by atoms with E-state index >= 15 is 0 Å². The Labute approximate surface area is 82.6 Å². The van der Waals surface area contributed by atoms with Gasteiger partial charge in [0.2, 0.25) is 0 Å². The molecule has 14 heavy (non-hydrogen) atoms. The van der Waals surface area contributed by atoms with E-state index in [1.54, 1.807) is 24.3 Å². The van der Waals surface area contributed by atoms with Crippen LogP contribution in [-0.4, -0.2) is 18.0 Å². The van der Waals surface area contributed by atoms with Gasteiger partial charge in [0.05, 0.1) is 7.11 Å². The van der Waals surface area contributed by atoms with Crippen molar-refractivity contribution in [2.24, 2.45) is 0 Å². The molecule has 0 atom stereocenters. The normalized spacial score (nSPS) is 10.4. The fourth-order valence-electron chi connectivity index (χ4n) is 1.05. The molecule has 0 amide bonds. The molecule has 0 radical (unpaired) electrons. The molecule has 0 saturated heterocycles. The second kappa shape index (κ2) is 4.46. The number of carbonyl (C=O) groups excluding carboxylic acids is 1. The first-order valence-corrected chi connectivity index (χ1v) is 4.19. The minimum absolute atomic E-state index is 0.0486. The first kappa shape index (κ1) is 10.3. The largest absolute Gasteiger partial charge is 0.504 e. The Morgan fingerprint density at radius 2 is 2.21 bits per heavy atom. The Hall–Kier alpha value is -1.77. The van der Waals surface area contributed by atoms with Crippen LogP contribution in [0.25, 0.3) is 6.08 Å². The maximum atomic E-state index is 10.7. The van der Waals surface area contributed by atoms with Crippen LogP contribution < -0.4 is 4.74 Å². The average Bonchev–Trinajstić information content (AvgIpc) is 2.16. The summed E-state index contributed by atoms with van der Waals surface area (Å²) in [5.74, 6) is 0.385. The third-order valence-corrected chi connectivity index (χ3v) is 1.75. The summed E-state index contributed by atoms with van der Waals surface area (Å²) in [6, 6.07) is 5.11. The van der Waals surface area contributed by atoms with Crippen molar-refractivity contribution in [2.45, 2.75) is 6.92 Å². The molecule has 0 fully saturated rings. The Bertz CT molecular complexity index is 367. The van der Waals surface area contributed by atoms with Crippen LogP contribution in [-0.2, 0) is 4.79 Å². The van der Waals surface area contributed by atoms with Crippen molar-refractivity contribution < 1.29 is 14.6 Å². The standard InChI is InChI=1S/C11H12O3/c1-8(12)6-7-9-4-3-5-10(14-2)11(9)13/h3-7,13H,1-2H3. The van der Waals surface area contributed by atoms with E-state index in [1.165, 1.54) is 20.1 Å². The number of benzene rings is 1. The number of hydrogen-bond acceptors (Lipinski definition) is 3. The van der Waals surface area contributed by atoms with E-state index in [4.69, 9.17) is 4.74 Å². The van der Waals surface area contributed by atoms with Gasteiger partial charge < -0.3 is 9.84 Å². The van der Waals surface area contributed by atoms with Crippen LogP contribution in [0.2, 0.25) is 0 Å². The zero-order chi connectivity index (χ0) is 10.6. The summed E-state index contributed by atoms with van der Waals surface area (Å²) in [7, 11) is 1.48. The van der Waals surface area contributed by atoms with Gasteiger partial charge in [-0.25, -0.2) is 0 Å². The van der Waals surface area contributed by atoms with Crippen LogP contribution in [0.5, 0.6) is 11.5 Å². The highest BCUT2D eigenvalue weighted by Crippen LogP contribution is 2.29. The minimum Gasteiger partial charge on any atom is -0.504 e. The first-order chi connectivity index (χ1) is 6.65. The Kier molecular flexibility index (Phi) is 3.29. The molecule has 1 aromatic carbocycles. The van der Waals surface area contributed by atoms with Crippen LogP contribution in [0, 0.1) is 0 Å². The van der Waals surface area contributed by atoms with Gasteiger partial charge in [0, 0.05) is 5.56 Å². The smallest absolute Gasteiger partial charge is 0.165 e. The molecule has 0 aromatic heterocycles. The summed E-state index contributed by atoms with van der Waals surface area (Å²) in [4.78, 5) is 10.7. The van der Waals surface area contributed by atoms with Gasteiger partial charge in [-0.2, -0.15) is 0 Å². The number of ketones is 1. The Morgan fingerprint density at radius 3 is 2.79 bits per heavy atom.